The molecule has 0 bridgehead atoms. The summed E-state index contributed by atoms with van der Waals surface area (Å²) in [6, 6.07) is 8.06. The fraction of sp³-hybridized carbons (Fsp3) is 0.600. The molecule has 112 valence electrons. The van der Waals surface area contributed by atoms with Crippen LogP contribution in [-0.2, 0) is 9.84 Å². The van der Waals surface area contributed by atoms with Crippen LogP contribution in [0.25, 0.3) is 0 Å². The molecular weight excluding hydrogens is 274 g/mol. The fourth-order valence-corrected chi connectivity index (χ4v) is 3.92. The number of nitrogens with one attached hydrogen (secondary N) is 1. The average Bonchev–Trinajstić information content (AvgIpc) is 2.39. The van der Waals surface area contributed by atoms with E-state index < -0.39 is 9.84 Å². The van der Waals surface area contributed by atoms with Crippen LogP contribution in [0.15, 0.2) is 24.3 Å². The van der Waals surface area contributed by atoms with Gasteiger partial charge >= 0.3 is 0 Å². The largest absolute Gasteiger partial charge is 0.494 e. The van der Waals surface area contributed by atoms with Gasteiger partial charge in [-0.05, 0) is 38.3 Å². The molecule has 20 heavy (non-hydrogen) atoms. The molecule has 1 aromatic rings. The Labute approximate surface area is 121 Å². The minimum Gasteiger partial charge on any atom is -0.494 e. The third-order valence-corrected chi connectivity index (χ3v) is 5.39. The Kier molecular flexibility index (Phi) is 4.91. The van der Waals surface area contributed by atoms with Gasteiger partial charge < -0.3 is 10.1 Å². The number of ether oxygens (including phenoxy) is 1. The fourth-order valence-electron chi connectivity index (χ4n) is 2.74. The van der Waals surface area contributed by atoms with E-state index >= 15 is 0 Å². The maximum absolute atomic E-state index is 11.7. The number of anilines is 1. The third kappa shape index (κ3) is 4.13. The van der Waals surface area contributed by atoms with E-state index in [2.05, 4.69) is 5.32 Å². The van der Waals surface area contributed by atoms with E-state index in [9.17, 15) is 8.42 Å². The van der Waals surface area contributed by atoms with Crippen molar-refractivity contribution in [2.75, 3.05) is 18.2 Å². The van der Waals surface area contributed by atoms with Gasteiger partial charge in [-0.1, -0.05) is 12.5 Å². The van der Waals surface area contributed by atoms with Gasteiger partial charge in [0, 0.05) is 24.1 Å². The van der Waals surface area contributed by atoms with Crippen molar-refractivity contribution in [3.8, 4) is 5.75 Å². The van der Waals surface area contributed by atoms with Crippen LogP contribution in [0.2, 0.25) is 0 Å². The van der Waals surface area contributed by atoms with Crippen LogP contribution in [-0.4, -0.2) is 32.6 Å². The number of rotatable bonds is 5. The lowest BCUT2D eigenvalue weighted by atomic mass is 9.95. The monoisotopic (exact) mass is 297 g/mol. The van der Waals surface area contributed by atoms with E-state index in [1.807, 2.05) is 31.2 Å². The van der Waals surface area contributed by atoms with Crippen molar-refractivity contribution in [2.24, 2.45) is 0 Å². The minimum atomic E-state index is -2.93. The van der Waals surface area contributed by atoms with Gasteiger partial charge in [0.1, 0.15) is 15.6 Å². The quantitative estimate of drug-likeness (QED) is 0.908. The summed E-state index contributed by atoms with van der Waals surface area (Å²) < 4.78 is 28.8. The highest BCUT2D eigenvalue weighted by Crippen LogP contribution is 2.27. The molecule has 0 spiro atoms. The number of hydrogen-bond acceptors (Lipinski definition) is 4. The standard InChI is InChI=1S/C15H23NO3S/c1-3-19-14-8-4-6-12(10-14)16-13-7-5-9-15(11-13)20(2,17)18/h4,6,8,10,13,15-16H,3,5,7,9,11H2,1-2H3. The van der Waals surface area contributed by atoms with Gasteiger partial charge in [0.25, 0.3) is 0 Å². The molecule has 1 aliphatic rings. The van der Waals surface area contributed by atoms with Gasteiger partial charge in [0.05, 0.1) is 11.9 Å². The summed E-state index contributed by atoms with van der Waals surface area (Å²) >= 11 is 0. The molecule has 1 saturated carbocycles. The van der Waals surface area contributed by atoms with Gasteiger partial charge in [0.2, 0.25) is 0 Å². The van der Waals surface area contributed by atoms with Crippen molar-refractivity contribution < 1.29 is 13.2 Å². The summed E-state index contributed by atoms with van der Waals surface area (Å²) in [5.74, 6) is 0.841. The molecule has 2 unspecified atom stereocenters. The van der Waals surface area contributed by atoms with E-state index in [-0.39, 0.29) is 11.3 Å². The smallest absolute Gasteiger partial charge is 0.150 e. The summed E-state index contributed by atoms with van der Waals surface area (Å²) in [6.07, 6.45) is 4.80. The molecule has 0 heterocycles. The Morgan fingerprint density at radius 2 is 2.15 bits per heavy atom. The molecule has 0 saturated heterocycles. The van der Waals surface area contributed by atoms with E-state index in [1.165, 1.54) is 6.26 Å². The molecule has 2 atom stereocenters. The summed E-state index contributed by atoms with van der Waals surface area (Å²) in [4.78, 5) is 0. The van der Waals surface area contributed by atoms with E-state index in [0.29, 0.717) is 13.0 Å². The predicted octanol–water partition coefficient (Wildman–Crippen LogP) is 2.85. The average molecular weight is 297 g/mol. The Morgan fingerprint density at radius 3 is 2.85 bits per heavy atom. The van der Waals surface area contributed by atoms with Crippen LogP contribution in [0.5, 0.6) is 5.75 Å². The van der Waals surface area contributed by atoms with Crippen molar-refractivity contribution >= 4 is 15.5 Å². The first-order valence-corrected chi connectivity index (χ1v) is 9.12. The van der Waals surface area contributed by atoms with Gasteiger partial charge in [-0.3, -0.25) is 0 Å². The molecule has 0 aromatic heterocycles. The topological polar surface area (TPSA) is 55.4 Å². The van der Waals surface area contributed by atoms with Crippen LogP contribution in [0.3, 0.4) is 0 Å². The van der Waals surface area contributed by atoms with Crippen molar-refractivity contribution in [2.45, 2.75) is 43.9 Å². The van der Waals surface area contributed by atoms with Gasteiger partial charge in [-0.25, -0.2) is 8.42 Å². The van der Waals surface area contributed by atoms with Crippen molar-refractivity contribution in [1.29, 1.82) is 0 Å². The Hall–Kier alpha value is -1.23. The molecule has 0 amide bonds. The SMILES string of the molecule is CCOc1cccc(NC2CCCC(S(C)(=O)=O)C2)c1. The molecule has 5 heteroatoms. The lowest BCUT2D eigenvalue weighted by Crippen LogP contribution is -2.34. The van der Waals surface area contributed by atoms with Crippen molar-refractivity contribution in [1.82, 2.24) is 0 Å². The Bertz CT molecular complexity index is 542. The summed E-state index contributed by atoms with van der Waals surface area (Å²) in [5, 5.41) is 3.23. The second-order valence-corrected chi connectivity index (χ2v) is 7.75. The molecule has 1 N–H and O–H groups in total. The molecule has 4 nitrogen and oxygen atoms in total. The Morgan fingerprint density at radius 1 is 1.35 bits per heavy atom. The molecule has 1 aromatic carbocycles. The summed E-state index contributed by atoms with van der Waals surface area (Å²) in [7, 11) is -2.93. The maximum atomic E-state index is 11.7. The van der Waals surface area contributed by atoms with E-state index in [1.54, 1.807) is 0 Å². The molecule has 1 fully saturated rings. The van der Waals surface area contributed by atoms with E-state index in [0.717, 1.165) is 30.7 Å². The van der Waals surface area contributed by atoms with Crippen molar-refractivity contribution in [3.05, 3.63) is 24.3 Å². The zero-order chi connectivity index (χ0) is 14.6. The van der Waals surface area contributed by atoms with Crippen LogP contribution < -0.4 is 10.1 Å². The van der Waals surface area contributed by atoms with E-state index in [4.69, 9.17) is 4.74 Å². The second kappa shape index (κ2) is 6.48. The lowest BCUT2D eigenvalue weighted by molar-refractivity contribution is 0.340. The van der Waals surface area contributed by atoms with Gasteiger partial charge in [-0.15, -0.1) is 0 Å². The number of sulfone groups is 1. The third-order valence-electron chi connectivity index (χ3n) is 3.75. The molecule has 1 aliphatic carbocycles. The highest BCUT2D eigenvalue weighted by atomic mass is 32.2. The number of hydrogen-bond donors (Lipinski definition) is 1. The molecule has 0 aliphatic heterocycles. The lowest BCUT2D eigenvalue weighted by Gasteiger charge is -2.29. The Balaban J connectivity index is 2.00. The van der Waals surface area contributed by atoms with Gasteiger partial charge in [0.15, 0.2) is 0 Å². The number of benzene rings is 1. The van der Waals surface area contributed by atoms with Crippen LogP contribution in [0.1, 0.15) is 32.6 Å². The first-order valence-electron chi connectivity index (χ1n) is 7.17. The van der Waals surface area contributed by atoms with Crippen LogP contribution in [0, 0.1) is 0 Å². The first-order chi connectivity index (χ1) is 9.49. The highest BCUT2D eigenvalue weighted by Gasteiger charge is 2.28. The summed E-state index contributed by atoms with van der Waals surface area (Å²) in [6.45, 7) is 2.60. The summed E-state index contributed by atoms with van der Waals surface area (Å²) in [5.41, 5.74) is 0.995. The highest BCUT2D eigenvalue weighted by molar-refractivity contribution is 7.91. The zero-order valence-corrected chi connectivity index (χ0v) is 12.9. The normalized spacial score (nSPS) is 23.3. The second-order valence-electron chi connectivity index (χ2n) is 5.42. The molecule has 2 rings (SSSR count). The van der Waals surface area contributed by atoms with Crippen LogP contribution in [0.4, 0.5) is 5.69 Å². The zero-order valence-electron chi connectivity index (χ0n) is 12.1. The van der Waals surface area contributed by atoms with Gasteiger partial charge in [-0.2, -0.15) is 0 Å². The minimum absolute atomic E-state index is 0.205. The predicted molar refractivity (Wildman–Crippen MR) is 82.1 cm³/mol. The maximum Gasteiger partial charge on any atom is 0.150 e. The first kappa shape index (κ1) is 15.2. The molecular formula is C15H23NO3S. The van der Waals surface area contributed by atoms with Crippen molar-refractivity contribution in [3.63, 3.8) is 0 Å². The molecule has 0 radical (unpaired) electrons. The van der Waals surface area contributed by atoms with Crippen LogP contribution >= 0.6 is 0 Å².